The molecule has 116 valence electrons. The van der Waals surface area contributed by atoms with Crippen LogP contribution in [0.4, 0.5) is 5.82 Å². The number of thiophene rings is 1. The van der Waals surface area contributed by atoms with Crippen molar-refractivity contribution in [3.63, 3.8) is 0 Å². The molecule has 0 aliphatic rings. The lowest BCUT2D eigenvalue weighted by atomic mass is 10.2. The van der Waals surface area contributed by atoms with Crippen LogP contribution in [-0.2, 0) is 5.75 Å². The number of anilines is 1. The number of nitrogens with one attached hydrogen (secondary N) is 1. The molecule has 1 aromatic carbocycles. The van der Waals surface area contributed by atoms with Crippen LogP contribution < -0.4 is 5.32 Å². The van der Waals surface area contributed by atoms with Crippen LogP contribution in [0.15, 0.2) is 64.3 Å². The molecular weight excluding hydrogens is 324 g/mol. The summed E-state index contributed by atoms with van der Waals surface area (Å²) >= 11 is 3.36. The smallest absolute Gasteiger partial charge is 0.257 e. The van der Waals surface area contributed by atoms with Crippen molar-refractivity contribution in [2.24, 2.45) is 0 Å². The molecule has 2 heterocycles. The lowest BCUT2D eigenvalue weighted by Crippen LogP contribution is -2.14. The zero-order valence-electron chi connectivity index (χ0n) is 12.7. The topological polar surface area (TPSA) is 42.0 Å². The fourth-order valence-corrected chi connectivity index (χ4v) is 3.87. The van der Waals surface area contributed by atoms with Gasteiger partial charge in [0.1, 0.15) is 5.82 Å². The molecule has 2 aromatic heterocycles. The Morgan fingerprint density at radius 2 is 2.13 bits per heavy atom. The van der Waals surface area contributed by atoms with Crippen molar-refractivity contribution in [3.05, 3.63) is 76.1 Å². The molecule has 23 heavy (non-hydrogen) atoms. The van der Waals surface area contributed by atoms with Gasteiger partial charge in [-0.05, 0) is 59.1 Å². The third-order valence-electron chi connectivity index (χ3n) is 3.26. The van der Waals surface area contributed by atoms with E-state index in [1.807, 2.05) is 43.3 Å². The quantitative estimate of drug-likeness (QED) is 0.665. The van der Waals surface area contributed by atoms with E-state index in [0.717, 1.165) is 16.2 Å². The number of hydrogen-bond donors (Lipinski definition) is 1. The highest BCUT2D eigenvalue weighted by molar-refractivity contribution is 7.98. The SMILES string of the molecule is Cc1ccnc(NC(=O)c2ccccc2SCc2ccsc2)c1. The molecule has 0 fully saturated rings. The zero-order valence-corrected chi connectivity index (χ0v) is 14.3. The molecule has 0 saturated heterocycles. The predicted octanol–water partition coefficient (Wildman–Crippen LogP) is 5.00. The van der Waals surface area contributed by atoms with Crippen LogP contribution in [0.2, 0.25) is 0 Å². The average Bonchev–Trinajstić information content (AvgIpc) is 3.06. The van der Waals surface area contributed by atoms with Crippen molar-refractivity contribution in [2.45, 2.75) is 17.6 Å². The van der Waals surface area contributed by atoms with E-state index < -0.39 is 0 Å². The molecule has 1 amide bonds. The first-order chi connectivity index (χ1) is 11.2. The first kappa shape index (κ1) is 15.8. The van der Waals surface area contributed by atoms with Crippen LogP contribution in [0.5, 0.6) is 0 Å². The summed E-state index contributed by atoms with van der Waals surface area (Å²) in [6, 6.07) is 13.5. The number of aryl methyl sites for hydroxylation is 1. The molecule has 3 aromatic rings. The molecule has 0 radical (unpaired) electrons. The van der Waals surface area contributed by atoms with Gasteiger partial charge in [-0.1, -0.05) is 12.1 Å². The van der Waals surface area contributed by atoms with Crippen LogP contribution in [0.25, 0.3) is 0 Å². The average molecular weight is 340 g/mol. The maximum absolute atomic E-state index is 12.5. The first-order valence-corrected chi connectivity index (χ1v) is 9.12. The van der Waals surface area contributed by atoms with Gasteiger partial charge >= 0.3 is 0 Å². The maximum Gasteiger partial charge on any atom is 0.257 e. The van der Waals surface area contributed by atoms with Crippen LogP contribution in [-0.4, -0.2) is 10.9 Å². The molecule has 0 saturated carbocycles. The van der Waals surface area contributed by atoms with E-state index in [2.05, 4.69) is 27.1 Å². The number of rotatable bonds is 5. The van der Waals surface area contributed by atoms with E-state index in [-0.39, 0.29) is 5.91 Å². The van der Waals surface area contributed by atoms with Crippen LogP contribution in [0, 0.1) is 6.92 Å². The number of carbonyl (C=O) groups is 1. The van der Waals surface area contributed by atoms with Gasteiger partial charge in [-0.2, -0.15) is 11.3 Å². The summed E-state index contributed by atoms with van der Waals surface area (Å²) in [5, 5.41) is 7.07. The van der Waals surface area contributed by atoms with Gasteiger partial charge in [0.05, 0.1) is 5.56 Å². The molecule has 5 heteroatoms. The molecule has 0 spiro atoms. The van der Waals surface area contributed by atoms with E-state index >= 15 is 0 Å². The second-order valence-corrected chi connectivity index (χ2v) is 6.89. The third kappa shape index (κ3) is 4.21. The van der Waals surface area contributed by atoms with Crippen molar-refractivity contribution in [1.82, 2.24) is 4.98 Å². The lowest BCUT2D eigenvalue weighted by molar-refractivity contribution is 0.102. The summed E-state index contributed by atoms with van der Waals surface area (Å²) in [5.74, 6) is 1.31. The number of benzene rings is 1. The van der Waals surface area contributed by atoms with E-state index in [0.29, 0.717) is 11.4 Å². The largest absolute Gasteiger partial charge is 0.307 e. The normalized spacial score (nSPS) is 10.5. The van der Waals surface area contributed by atoms with Crippen molar-refractivity contribution in [2.75, 3.05) is 5.32 Å². The van der Waals surface area contributed by atoms with Gasteiger partial charge in [-0.3, -0.25) is 4.79 Å². The lowest BCUT2D eigenvalue weighted by Gasteiger charge is -2.09. The Labute approximate surface area is 143 Å². The van der Waals surface area contributed by atoms with Crippen molar-refractivity contribution in [3.8, 4) is 0 Å². The summed E-state index contributed by atoms with van der Waals surface area (Å²) < 4.78 is 0. The van der Waals surface area contributed by atoms with Gasteiger partial charge in [0, 0.05) is 16.8 Å². The van der Waals surface area contributed by atoms with Crippen LogP contribution >= 0.6 is 23.1 Å². The third-order valence-corrected chi connectivity index (χ3v) is 5.14. The Kier molecular flexibility index (Phi) is 5.10. The highest BCUT2D eigenvalue weighted by Crippen LogP contribution is 2.27. The highest BCUT2D eigenvalue weighted by Gasteiger charge is 2.12. The number of hydrogen-bond acceptors (Lipinski definition) is 4. The summed E-state index contributed by atoms with van der Waals surface area (Å²) in [6.07, 6.45) is 1.70. The summed E-state index contributed by atoms with van der Waals surface area (Å²) in [5.41, 5.74) is 3.02. The highest BCUT2D eigenvalue weighted by atomic mass is 32.2. The predicted molar refractivity (Wildman–Crippen MR) is 97.2 cm³/mol. The van der Waals surface area contributed by atoms with E-state index in [1.54, 1.807) is 29.3 Å². The minimum Gasteiger partial charge on any atom is -0.307 e. The van der Waals surface area contributed by atoms with Crippen molar-refractivity contribution < 1.29 is 4.79 Å². The Morgan fingerprint density at radius 1 is 1.26 bits per heavy atom. The number of carbonyl (C=O) groups excluding carboxylic acids is 1. The van der Waals surface area contributed by atoms with Gasteiger partial charge in [0.25, 0.3) is 5.91 Å². The molecule has 3 nitrogen and oxygen atoms in total. The second kappa shape index (κ2) is 7.44. The minimum absolute atomic E-state index is 0.128. The fraction of sp³-hybridized carbons (Fsp3) is 0.111. The minimum atomic E-state index is -0.128. The first-order valence-electron chi connectivity index (χ1n) is 7.19. The van der Waals surface area contributed by atoms with Crippen LogP contribution in [0.1, 0.15) is 21.5 Å². The number of nitrogens with zero attached hydrogens (tertiary/aromatic N) is 1. The summed E-state index contributed by atoms with van der Waals surface area (Å²) in [6.45, 7) is 1.97. The molecule has 0 unspecified atom stereocenters. The Balaban J connectivity index is 1.75. The standard InChI is InChI=1S/C18H16N2OS2/c1-13-6-8-19-17(10-13)20-18(21)15-4-2-3-5-16(15)23-12-14-7-9-22-11-14/h2-11H,12H2,1H3,(H,19,20,21). The summed E-state index contributed by atoms with van der Waals surface area (Å²) in [4.78, 5) is 17.7. The van der Waals surface area contributed by atoms with E-state index in [9.17, 15) is 4.79 Å². The monoisotopic (exact) mass is 340 g/mol. The molecule has 0 atom stereocenters. The van der Waals surface area contributed by atoms with E-state index in [1.165, 1.54) is 5.56 Å². The Hall–Kier alpha value is -2.11. The zero-order chi connectivity index (χ0) is 16.1. The molecule has 0 aliphatic carbocycles. The molecule has 1 N–H and O–H groups in total. The van der Waals surface area contributed by atoms with E-state index in [4.69, 9.17) is 0 Å². The van der Waals surface area contributed by atoms with Gasteiger partial charge in [0.2, 0.25) is 0 Å². The van der Waals surface area contributed by atoms with Gasteiger partial charge < -0.3 is 5.32 Å². The van der Waals surface area contributed by atoms with Gasteiger partial charge in [0.15, 0.2) is 0 Å². The summed E-state index contributed by atoms with van der Waals surface area (Å²) in [7, 11) is 0. The molecular formula is C18H16N2OS2. The Bertz CT molecular complexity index is 800. The van der Waals surface area contributed by atoms with Crippen molar-refractivity contribution in [1.29, 1.82) is 0 Å². The second-order valence-electron chi connectivity index (χ2n) is 5.09. The van der Waals surface area contributed by atoms with Gasteiger partial charge in [-0.25, -0.2) is 4.98 Å². The van der Waals surface area contributed by atoms with Crippen LogP contribution in [0.3, 0.4) is 0 Å². The maximum atomic E-state index is 12.5. The fourth-order valence-electron chi connectivity index (χ4n) is 2.10. The number of amides is 1. The molecule has 0 bridgehead atoms. The number of aromatic nitrogens is 1. The number of pyridine rings is 1. The van der Waals surface area contributed by atoms with Gasteiger partial charge in [-0.15, -0.1) is 11.8 Å². The number of thioether (sulfide) groups is 1. The molecule has 3 rings (SSSR count). The van der Waals surface area contributed by atoms with Crippen molar-refractivity contribution >= 4 is 34.8 Å². The molecule has 0 aliphatic heterocycles. The Morgan fingerprint density at radius 3 is 2.91 bits per heavy atom.